The van der Waals surface area contributed by atoms with Crippen molar-refractivity contribution < 1.29 is 14.3 Å². The van der Waals surface area contributed by atoms with Gasteiger partial charge in [0.15, 0.2) is 0 Å². The molecule has 6 nitrogen and oxygen atoms in total. The van der Waals surface area contributed by atoms with Gasteiger partial charge in [-0.1, -0.05) is 0 Å². The van der Waals surface area contributed by atoms with Gasteiger partial charge < -0.3 is 25.0 Å². The zero-order valence-electron chi connectivity index (χ0n) is 15.3. The molecule has 0 aromatic heterocycles. The third-order valence-corrected chi connectivity index (χ3v) is 5.63. The predicted octanol–water partition coefficient (Wildman–Crippen LogP) is 2.63. The first-order chi connectivity index (χ1) is 12.8. The number of nitrogens with one attached hydrogen (secondary N) is 2. The number of anilines is 1. The number of rotatable bonds is 4. The van der Waals surface area contributed by atoms with Crippen LogP contribution in [0.2, 0.25) is 0 Å². The fourth-order valence-electron chi connectivity index (χ4n) is 4.14. The molecule has 0 bridgehead atoms. The number of carbonyl (C=O) groups is 1. The first kappa shape index (κ1) is 17.6. The van der Waals surface area contributed by atoms with Crippen LogP contribution in [0.5, 0.6) is 5.75 Å². The summed E-state index contributed by atoms with van der Waals surface area (Å²) >= 11 is 0. The van der Waals surface area contributed by atoms with Crippen molar-refractivity contribution in [2.45, 2.75) is 38.1 Å². The Morgan fingerprint density at radius 3 is 2.88 bits per heavy atom. The molecule has 0 radical (unpaired) electrons. The number of amides is 2. The lowest BCUT2D eigenvalue weighted by molar-refractivity contribution is 0.148. The molecule has 2 saturated heterocycles. The van der Waals surface area contributed by atoms with E-state index in [2.05, 4.69) is 15.5 Å². The molecule has 2 N–H and O–H groups in total. The SMILES string of the molecule is O=C(Nc1ccc2c(c1)CCCO2)NC1CCN(C[C@H]2CCOC2)CC1. The van der Waals surface area contributed by atoms with Crippen LogP contribution >= 0.6 is 0 Å². The summed E-state index contributed by atoms with van der Waals surface area (Å²) in [6.45, 7) is 5.85. The van der Waals surface area contributed by atoms with E-state index < -0.39 is 0 Å². The molecule has 142 valence electrons. The molecular formula is C20H29N3O3. The number of likely N-dealkylation sites (tertiary alicyclic amines) is 1. The smallest absolute Gasteiger partial charge is 0.319 e. The molecule has 1 atom stereocenters. The standard InChI is InChI=1S/C20H29N3O3/c24-20(22-18-3-4-19-16(12-18)2-1-10-26-19)21-17-5-8-23(9-6-17)13-15-7-11-25-14-15/h3-4,12,15,17H,1-2,5-11,13-14H2,(H2,21,22,24)/t15-/m1/s1. The molecule has 0 aliphatic carbocycles. The minimum absolute atomic E-state index is 0.107. The lowest BCUT2D eigenvalue weighted by Crippen LogP contribution is -2.47. The molecule has 3 aliphatic rings. The first-order valence-corrected chi connectivity index (χ1v) is 9.89. The van der Waals surface area contributed by atoms with Crippen molar-refractivity contribution in [3.8, 4) is 5.75 Å². The summed E-state index contributed by atoms with van der Waals surface area (Å²) in [7, 11) is 0. The van der Waals surface area contributed by atoms with E-state index in [9.17, 15) is 4.79 Å². The van der Waals surface area contributed by atoms with Crippen molar-refractivity contribution in [2.75, 3.05) is 44.8 Å². The van der Waals surface area contributed by atoms with Crippen molar-refractivity contribution >= 4 is 11.7 Å². The second-order valence-corrected chi connectivity index (χ2v) is 7.68. The topological polar surface area (TPSA) is 62.8 Å². The van der Waals surface area contributed by atoms with Crippen LogP contribution in [0.25, 0.3) is 0 Å². The summed E-state index contributed by atoms with van der Waals surface area (Å²) in [6.07, 6.45) is 5.26. The summed E-state index contributed by atoms with van der Waals surface area (Å²) in [5, 5.41) is 6.10. The molecule has 0 unspecified atom stereocenters. The van der Waals surface area contributed by atoms with Gasteiger partial charge >= 0.3 is 6.03 Å². The van der Waals surface area contributed by atoms with Crippen molar-refractivity contribution in [2.24, 2.45) is 5.92 Å². The van der Waals surface area contributed by atoms with Gasteiger partial charge in [0.1, 0.15) is 5.75 Å². The van der Waals surface area contributed by atoms with Crippen LogP contribution in [0.1, 0.15) is 31.2 Å². The van der Waals surface area contributed by atoms with Gasteiger partial charge in [0.05, 0.1) is 13.2 Å². The van der Waals surface area contributed by atoms with E-state index >= 15 is 0 Å². The van der Waals surface area contributed by atoms with Crippen LogP contribution in [0.3, 0.4) is 0 Å². The Morgan fingerprint density at radius 2 is 2.08 bits per heavy atom. The Hall–Kier alpha value is -1.79. The van der Waals surface area contributed by atoms with E-state index in [1.165, 1.54) is 12.0 Å². The van der Waals surface area contributed by atoms with Crippen molar-refractivity contribution in [1.29, 1.82) is 0 Å². The molecule has 2 fully saturated rings. The van der Waals surface area contributed by atoms with Gasteiger partial charge in [-0.3, -0.25) is 0 Å². The van der Waals surface area contributed by atoms with E-state index in [-0.39, 0.29) is 12.1 Å². The number of piperidine rings is 1. The highest BCUT2D eigenvalue weighted by molar-refractivity contribution is 5.89. The van der Waals surface area contributed by atoms with Crippen LogP contribution in [-0.4, -0.2) is 56.4 Å². The Labute approximate surface area is 155 Å². The van der Waals surface area contributed by atoms with Gasteiger partial charge in [0.2, 0.25) is 0 Å². The largest absolute Gasteiger partial charge is 0.493 e. The number of aryl methyl sites for hydroxylation is 1. The van der Waals surface area contributed by atoms with Crippen molar-refractivity contribution in [1.82, 2.24) is 10.2 Å². The average Bonchev–Trinajstić information content (AvgIpc) is 3.16. The van der Waals surface area contributed by atoms with Crippen LogP contribution in [0, 0.1) is 5.92 Å². The van der Waals surface area contributed by atoms with Gasteiger partial charge in [-0.2, -0.15) is 0 Å². The summed E-state index contributed by atoms with van der Waals surface area (Å²) in [4.78, 5) is 14.8. The number of fused-ring (bicyclic) bond motifs is 1. The van der Waals surface area contributed by atoms with Crippen molar-refractivity contribution in [3.63, 3.8) is 0 Å². The molecule has 1 aromatic rings. The highest BCUT2D eigenvalue weighted by Crippen LogP contribution is 2.27. The summed E-state index contributed by atoms with van der Waals surface area (Å²) in [5.74, 6) is 1.64. The summed E-state index contributed by atoms with van der Waals surface area (Å²) in [5.41, 5.74) is 2.02. The van der Waals surface area contributed by atoms with Crippen molar-refractivity contribution in [3.05, 3.63) is 23.8 Å². The van der Waals surface area contributed by atoms with Crippen LogP contribution in [0.4, 0.5) is 10.5 Å². The fraction of sp³-hybridized carbons (Fsp3) is 0.650. The molecule has 4 rings (SSSR count). The van der Waals surface area contributed by atoms with E-state index in [1.807, 2.05) is 18.2 Å². The highest BCUT2D eigenvalue weighted by Gasteiger charge is 2.24. The van der Waals surface area contributed by atoms with E-state index in [1.54, 1.807) is 0 Å². The zero-order chi connectivity index (χ0) is 17.8. The van der Waals surface area contributed by atoms with E-state index in [4.69, 9.17) is 9.47 Å². The number of carbonyl (C=O) groups excluding carboxylic acids is 1. The number of benzene rings is 1. The Kier molecular flexibility index (Phi) is 5.60. The monoisotopic (exact) mass is 359 g/mol. The maximum Gasteiger partial charge on any atom is 0.319 e. The molecule has 26 heavy (non-hydrogen) atoms. The minimum atomic E-state index is -0.107. The second-order valence-electron chi connectivity index (χ2n) is 7.68. The second kappa shape index (κ2) is 8.27. The van der Waals surface area contributed by atoms with E-state index in [0.717, 1.165) is 76.6 Å². The van der Waals surface area contributed by atoms with Gasteiger partial charge in [-0.05, 0) is 61.8 Å². The van der Waals surface area contributed by atoms with Crippen LogP contribution in [0.15, 0.2) is 18.2 Å². The zero-order valence-corrected chi connectivity index (χ0v) is 15.3. The number of hydrogen-bond donors (Lipinski definition) is 2. The Bertz CT molecular complexity index is 623. The summed E-state index contributed by atoms with van der Waals surface area (Å²) < 4.78 is 11.1. The van der Waals surface area contributed by atoms with Gasteiger partial charge in [0, 0.05) is 38.0 Å². The van der Waals surface area contributed by atoms with Crippen LogP contribution in [-0.2, 0) is 11.2 Å². The maximum atomic E-state index is 12.3. The third kappa shape index (κ3) is 4.48. The molecule has 2 amide bonds. The maximum absolute atomic E-state index is 12.3. The van der Waals surface area contributed by atoms with E-state index in [0.29, 0.717) is 5.92 Å². The molecule has 0 saturated carbocycles. The van der Waals surface area contributed by atoms with Crippen LogP contribution < -0.4 is 15.4 Å². The highest BCUT2D eigenvalue weighted by atomic mass is 16.5. The lowest BCUT2D eigenvalue weighted by atomic mass is 10.0. The Morgan fingerprint density at radius 1 is 1.19 bits per heavy atom. The Balaban J connectivity index is 1.21. The molecule has 3 heterocycles. The first-order valence-electron chi connectivity index (χ1n) is 9.89. The number of urea groups is 1. The minimum Gasteiger partial charge on any atom is -0.493 e. The van der Waals surface area contributed by atoms with Gasteiger partial charge in [-0.25, -0.2) is 4.79 Å². The lowest BCUT2D eigenvalue weighted by Gasteiger charge is -2.33. The predicted molar refractivity (Wildman–Crippen MR) is 101 cm³/mol. The molecule has 3 aliphatic heterocycles. The number of nitrogens with zero attached hydrogens (tertiary/aromatic N) is 1. The molecule has 0 spiro atoms. The summed E-state index contributed by atoms with van der Waals surface area (Å²) in [6, 6.07) is 6.04. The average molecular weight is 359 g/mol. The van der Waals surface area contributed by atoms with Gasteiger partial charge in [0.25, 0.3) is 0 Å². The molecule has 6 heteroatoms. The number of hydrogen-bond acceptors (Lipinski definition) is 4. The quantitative estimate of drug-likeness (QED) is 0.868. The molecular weight excluding hydrogens is 330 g/mol. The fourth-order valence-corrected chi connectivity index (χ4v) is 4.14. The normalized spacial score (nSPS) is 23.9. The van der Waals surface area contributed by atoms with Gasteiger partial charge in [-0.15, -0.1) is 0 Å². The third-order valence-electron chi connectivity index (χ3n) is 5.63. The number of ether oxygens (including phenoxy) is 2. The molecule has 1 aromatic carbocycles.